The molecule has 0 amide bonds. The van der Waals surface area contributed by atoms with E-state index in [4.69, 9.17) is 0 Å². The molecule has 0 aliphatic rings. The van der Waals surface area contributed by atoms with Gasteiger partial charge in [0.05, 0.1) is 10.9 Å². The van der Waals surface area contributed by atoms with Gasteiger partial charge in [-0.1, -0.05) is 30.0 Å². The molecular formula is C15H11F3N2OS2. The third kappa shape index (κ3) is 3.28. The second-order valence-electron chi connectivity index (χ2n) is 4.88. The van der Waals surface area contributed by atoms with Crippen LogP contribution in [0, 0.1) is 0 Å². The van der Waals surface area contributed by atoms with Crippen LogP contribution in [0.15, 0.2) is 45.7 Å². The predicted molar refractivity (Wildman–Crippen MR) is 85.9 cm³/mol. The molecule has 120 valence electrons. The average Bonchev–Trinajstić information content (AvgIpc) is 2.97. The zero-order valence-electron chi connectivity index (χ0n) is 11.9. The number of aromatic nitrogens is 2. The number of benzene rings is 1. The van der Waals surface area contributed by atoms with Gasteiger partial charge in [0.1, 0.15) is 4.83 Å². The average molecular weight is 356 g/mol. The molecule has 0 radical (unpaired) electrons. The maximum atomic E-state index is 12.7. The molecule has 1 aromatic carbocycles. The van der Waals surface area contributed by atoms with Crippen molar-refractivity contribution in [1.82, 2.24) is 9.55 Å². The van der Waals surface area contributed by atoms with E-state index in [-0.39, 0.29) is 5.56 Å². The number of thioether (sulfide) groups is 1. The van der Waals surface area contributed by atoms with Gasteiger partial charge in [0.25, 0.3) is 5.56 Å². The van der Waals surface area contributed by atoms with Crippen molar-refractivity contribution in [2.75, 3.05) is 0 Å². The fourth-order valence-electron chi connectivity index (χ4n) is 2.09. The summed E-state index contributed by atoms with van der Waals surface area (Å²) in [6.45, 7) is 0. The van der Waals surface area contributed by atoms with Crippen LogP contribution in [-0.4, -0.2) is 9.55 Å². The Balaban J connectivity index is 1.87. The van der Waals surface area contributed by atoms with Gasteiger partial charge in [-0.25, -0.2) is 4.98 Å². The number of thiophene rings is 1. The molecule has 0 saturated heterocycles. The first kappa shape index (κ1) is 16.1. The topological polar surface area (TPSA) is 34.9 Å². The van der Waals surface area contributed by atoms with Crippen LogP contribution < -0.4 is 5.56 Å². The highest BCUT2D eigenvalue weighted by molar-refractivity contribution is 7.98. The Labute approximate surface area is 137 Å². The fourth-order valence-corrected chi connectivity index (χ4v) is 3.81. The lowest BCUT2D eigenvalue weighted by molar-refractivity contribution is -0.137. The maximum absolute atomic E-state index is 12.7. The third-order valence-corrected chi connectivity index (χ3v) is 5.19. The molecule has 3 aromatic rings. The molecule has 0 unspecified atom stereocenters. The highest BCUT2D eigenvalue weighted by atomic mass is 32.2. The van der Waals surface area contributed by atoms with E-state index in [2.05, 4.69) is 4.98 Å². The van der Waals surface area contributed by atoms with E-state index in [1.54, 1.807) is 24.6 Å². The first-order valence-electron chi connectivity index (χ1n) is 6.59. The van der Waals surface area contributed by atoms with E-state index in [1.165, 1.54) is 33.7 Å². The van der Waals surface area contributed by atoms with E-state index in [1.807, 2.05) is 0 Å². The molecule has 0 aliphatic heterocycles. The predicted octanol–water partition coefficient (Wildman–Crippen LogP) is 4.31. The monoisotopic (exact) mass is 356 g/mol. The number of fused-ring (bicyclic) bond motifs is 1. The van der Waals surface area contributed by atoms with Gasteiger partial charge in [-0.15, -0.1) is 11.3 Å². The van der Waals surface area contributed by atoms with Crippen LogP contribution in [0.4, 0.5) is 13.2 Å². The Morgan fingerprint density at radius 2 is 2.09 bits per heavy atom. The molecule has 0 bridgehead atoms. The number of hydrogen-bond acceptors (Lipinski definition) is 4. The lowest BCUT2D eigenvalue weighted by atomic mass is 10.1. The van der Waals surface area contributed by atoms with Crippen molar-refractivity contribution < 1.29 is 13.2 Å². The summed E-state index contributed by atoms with van der Waals surface area (Å²) in [4.78, 5) is 17.2. The van der Waals surface area contributed by atoms with E-state index in [0.717, 1.165) is 12.1 Å². The van der Waals surface area contributed by atoms with Crippen LogP contribution in [0.1, 0.15) is 11.1 Å². The number of rotatable bonds is 3. The molecule has 3 rings (SSSR count). The largest absolute Gasteiger partial charge is 0.416 e. The van der Waals surface area contributed by atoms with Crippen molar-refractivity contribution in [3.63, 3.8) is 0 Å². The first-order valence-corrected chi connectivity index (χ1v) is 8.46. The molecule has 0 aliphatic carbocycles. The van der Waals surface area contributed by atoms with Gasteiger partial charge in [-0.2, -0.15) is 13.2 Å². The van der Waals surface area contributed by atoms with Gasteiger partial charge in [0, 0.05) is 12.8 Å². The fraction of sp³-hybridized carbons (Fsp3) is 0.200. The summed E-state index contributed by atoms with van der Waals surface area (Å²) in [7, 11) is 1.61. The Morgan fingerprint density at radius 1 is 1.30 bits per heavy atom. The van der Waals surface area contributed by atoms with Crippen LogP contribution in [0.5, 0.6) is 0 Å². The summed E-state index contributed by atoms with van der Waals surface area (Å²) in [6, 6.07) is 6.89. The van der Waals surface area contributed by atoms with E-state index < -0.39 is 11.7 Å². The number of hydrogen-bond donors (Lipinski definition) is 0. The summed E-state index contributed by atoms with van der Waals surface area (Å²) in [5.41, 5.74) is -0.292. The third-order valence-electron chi connectivity index (χ3n) is 3.29. The van der Waals surface area contributed by atoms with Gasteiger partial charge < -0.3 is 0 Å². The van der Waals surface area contributed by atoms with Crippen molar-refractivity contribution in [3.05, 3.63) is 57.2 Å². The van der Waals surface area contributed by atoms with E-state index in [9.17, 15) is 18.0 Å². The molecule has 0 atom stereocenters. The quantitative estimate of drug-likeness (QED) is 0.518. The second-order valence-corrected chi connectivity index (χ2v) is 6.72. The van der Waals surface area contributed by atoms with Gasteiger partial charge in [0.2, 0.25) is 0 Å². The van der Waals surface area contributed by atoms with Crippen LogP contribution >= 0.6 is 23.1 Å². The van der Waals surface area contributed by atoms with Gasteiger partial charge >= 0.3 is 6.18 Å². The highest BCUT2D eigenvalue weighted by Crippen LogP contribution is 2.31. The van der Waals surface area contributed by atoms with Crippen LogP contribution in [-0.2, 0) is 19.0 Å². The van der Waals surface area contributed by atoms with Crippen molar-refractivity contribution >= 4 is 33.3 Å². The SMILES string of the molecule is Cn1c(SCc2cccc(C(F)(F)F)c2)nc2sccc2c1=O. The Hall–Kier alpha value is -1.80. The molecule has 23 heavy (non-hydrogen) atoms. The normalized spacial score (nSPS) is 12.0. The zero-order chi connectivity index (χ0) is 16.6. The minimum absolute atomic E-state index is 0.150. The summed E-state index contributed by atoms with van der Waals surface area (Å²) in [5.74, 6) is 0.307. The van der Waals surface area contributed by atoms with Crippen LogP contribution in [0.25, 0.3) is 10.2 Å². The molecule has 0 N–H and O–H groups in total. The number of alkyl halides is 3. The summed E-state index contributed by atoms with van der Waals surface area (Å²) in [6.07, 6.45) is -4.36. The van der Waals surface area contributed by atoms with Crippen molar-refractivity contribution in [2.24, 2.45) is 7.05 Å². The van der Waals surface area contributed by atoms with Gasteiger partial charge in [-0.05, 0) is 23.1 Å². The maximum Gasteiger partial charge on any atom is 0.416 e. The Kier molecular flexibility index (Phi) is 4.20. The van der Waals surface area contributed by atoms with Crippen molar-refractivity contribution in [3.8, 4) is 0 Å². The number of halogens is 3. The smallest absolute Gasteiger partial charge is 0.290 e. The molecule has 2 heterocycles. The van der Waals surface area contributed by atoms with Crippen molar-refractivity contribution in [2.45, 2.75) is 17.1 Å². The standard InChI is InChI=1S/C15H11F3N2OS2/c1-20-13(21)11-5-6-22-12(11)19-14(20)23-8-9-3-2-4-10(7-9)15(16,17)18/h2-7H,8H2,1H3. The van der Waals surface area contributed by atoms with E-state index >= 15 is 0 Å². The summed E-state index contributed by atoms with van der Waals surface area (Å²) >= 11 is 2.61. The van der Waals surface area contributed by atoms with Crippen LogP contribution in [0.3, 0.4) is 0 Å². The highest BCUT2D eigenvalue weighted by Gasteiger charge is 2.30. The molecule has 3 nitrogen and oxygen atoms in total. The Morgan fingerprint density at radius 3 is 2.83 bits per heavy atom. The minimum atomic E-state index is -4.36. The molecule has 0 fully saturated rings. The number of nitrogens with zero attached hydrogens (tertiary/aromatic N) is 2. The molecule has 2 aromatic heterocycles. The molecule has 8 heteroatoms. The summed E-state index contributed by atoms with van der Waals surface area (Å²) in [5, 5.41) is 2.84. The molecule has 0 saturated carbocycles. The molecular weight excluding hydrogens is 345 g/mol. The molecule has 0 spiro atoms. The Bertz CT molecular complexity index is 915. The first-order chi connectivity index (χ1) is 10.9. The van der Waals surface area contributed by atoms with E-state index in [0.29, 0.717) is 26.7 Å². The second kappa shape index (κ2) is 6.01. The lowest BCUT2D eigenvalue weighted by Gasteiger charge is -2.09. The summed E-state index contributed by atoms with van der Waals surface area (Å²) < 4.78 is 39.6. The van der Waals surface area contributed by atoms with Gasteiger partial charge in [0.15, 0.2) is 5.16 Å². The minimum Gasteiger partial charge on any atom is -0.290 e. The zero-order valence-corrected chi connectivity index (χ0v) is 13.6. The van der Waals surface area contributed by atoms with Crippen molar-refractivity contribution in [1.29, 1.82) is 0 Å². The van der Waals surface area contributed by atoms with Crippen LogP contribution in [0.2, 0.25) is 0 Å². The van der Waals surface area contributed by atoms with Gasteiger partial charge in [-0.3, -0.25) is 9.36 Å². The lowest BCUT2D eigenvalue weighted by Crippen LogP contribution is -2.19.